The number of carbonyl (C=O) groups excluding carboxylic acids is 2. The second-order valence-corrected chi connectivity index (χ2v) is 9.30. The Kier molecular flexibility index (Phi) is 4.55. The molecule has 1 saturated carbocycles. The number of carbonyl (C=O) groups is 2. The summed E-state index contributed by atoms with van der Waals surface area (Å²) in [5.41, 5.74) is 1.46. The van der Waals surface area contributed by atoms with E-state index in [1.807, 2.05) is 40.7 Å². The monoisotopic (exact) mass is 399 g/mol. The summed E-state index contributed by atoms with van der Waals surface area (Å²) < 4.78 is 3.04. The van der Waals surface area contributed by atoms with Crippen molar-refractivity contribution in [1.29, 1.82) is 0 Å². The zero-order valence-corrected chi connectivity index (χ0v) is 17.8. The lowest BCUT2D eigenvalue weighted by Crippen LogP contribution is -2.35. The van der Waals surface area contributed by atoms with E-state index in [0.29, 0.717) is 16.9 Å². The molecule has 0 aromatic carbocycles. The minimum Gasteiger partial charge on any atom is -0.352 e. The van der Waals surface area contributed by atoms with Crippen LogP contribution in [0.1, 0.15) is 75.6 Å². The molecule has 2 aromatic rings. The van der Waals surface area contributed by atoms with Gasteiger partial charge in [-0.15, -0.1) is 0 Å². The summed E-state index contributed by atoms with van der Waals surface area (Å²) in [4.78, 5) is 40.8. The SMILES string of the molecule is CCC(C)N1Cc2c(n(CC(=O)NC3CC3)c3cc(C(C)(C)C)nn3c2=O)C1=O. The number of aromatic nitrogens is 3. The Morgan fingerprint density at radius 3 is 2.59 bits per heavy atom. The molecule has 1 fully saturated rings. The van der Waals surface area contributed by atoms with Crippen LogP contribution >= 0.6 is 0 Å². The van der Waals surface area contributed by atoms with Crippen molar-refractivity contribution < 1.29 is 9.59 Å². The van der Waals surface area contributed by atoms with Gasteiger partial charge in [-0.1, -0.05) is 27.7 Å². The quantitative estimate of drug-likeness (QED) is 0.831. The van der Waals surface area contributed by atoms with E-state index in [2.05, 4.69) is 10.4 Å². The molecule has 1 aliphatic carbocycles. The highest BCUT2D eigenvalue weighted by Gasteiger charge is 2.37. The molecule has 1 unspecified atom stereocenters. The fourth-order valence-corrected chi connectivity index (χ4v) is 3.73. The molecule has 0 radical (unpaired) electrons. The minimum absolute atomic E-state index is 0.00201. The lowest BCUT2D eigenvalue weighted by molar-refractivity contribution is -0.121. The molecule has 29 heavy (non-hydrogen) atoms. The Morgan fingerprint density at radius 1 is 1.31 bits per heavy atom. The molecule has 8 heteroatoms. The first-order chi connectivity index (χ1) is 13.6. The maximum atomic E-state index is 13.2. The van der Waals surface area contributed by atoms with Crippen molar-refractivity contribution in [2.24, 2.45) is 0 Å². The molecular weight excluding hydrogens is 370 g/mol. The number of rotatable bonds is 5. The van der Waals surface area contributed by atoms with E-state index in [0.717, 1.165) is 25.0 Å². The molecule has 3 heterocycles. The average molecular weight is 399 g/mol. The minimum atomic E-state index is -0.275. The van der Waals surface area contributed by atoms with E-state index in [1.165, 1.54) is 4.52 Å². The molecule has 1 atom stereocenters. The topological polar surface area (TPSA) is 88.7 Å². The van der Waals surface area contributed by atoms with E-state index in [1.54, 1.807) is 9.47 Å². The van der Waals surface area contributed by atoms with E-state index in [4.69, 9.17) is 0 Å². The lowest BCUT2D eigenvalue weighted by Gasteiger charge is -2.22. The van der Waals surface area contributed by atoms with Gasteiger partial charge in [0.1, 0.15) is 17.9 Å². The fourth-order valence-electron chi connectivity index (χ4n) is 3.73. The highest BCUT2D eigenvalue weighted by Crippen LogP contribution is 2.27. The third-order valence-corrected chi connectivity index (χ3v) is 5.90. The van der Waals surface area contributed by atoms with Crippen LogP contribution in [0.3, 0.4) is 0 Å². The van der Waals surface area contributed by atoms with Crippen molar-refractivity contribution in [3.8, 4) is 0 Å². The van der Waals surface area contributed by atoms with Gasteiger partial charge >= 0.3 is 0 Å². The Morgan fingerprint density at radius 2 is 2.00 bits per heavy atom. The second-order valence-electron chi connectivity index (χ2n) is 9.30. The zero-order valence-electron chi connectivity index (χ0n) is 17.8. The van der Waals surface area contributed by atoms with Gasteiger partial charge in [0.05, 0.1) is 17.8 Å². The summed E-state index contributed by atoms with van der Waals surface area (Å²) in [6.45, 7) is 10.3. The molecular formula is C21H29N5O3. The van der Waals surface area contributed by atoms with Crippen LogP contribution in [0.4, 0.5) is 0 Å². The second kappa shape index (κ2) is 6.71. The molecule has 0 saturated heterocycles. The third-order valence-electron chi connectivity index (χ3n) is 5.90. The Bertz CT molecular complexity index is 1050. The molecule has 2 aliphatic rings. The first-order valence-electron chi connectivity index (χ1n) is 10.4. The van der Waals surface area contributed by atoms with Crippen LogP contribution in [0, 0.1) is 0 Å². The smallest absolute Gasteiger partial charge is 0.280 e. The highest BCUT2D eigenvalue weighted by molar-refractivity contribution is 5.98. The summed E-state index contributed by atoms with van der Waals surface area (Å²) in [6, 6.07) is 2.07. The molecule has 8 nitrogen and oxygen atoms in total. The predicted octanol–water partition coefficient (Wildman–Crippen LogP) is 1.83. The fraction of sp³-hybridized carbons (Fsp3) is 0.619. The van der Waals surface area contributed by atoms with Gasteiger partial charge in [-0.2, -0.15) is 9.61 Å². The number of nitrogens with zero attached hydrogens (tertiary/aromatic N) is 4. The van der Waals surface area contributed by atoms with Crippen molar-refractivity contribution in [3.63, 3.8) is 0 Å². The Balaban J connectivity index is 1.89. The van der Waals surface area contributed by atoms with Crippen molar-refractivity contribution in [2.45, 2.75) is 84.5 Å². The molecule has 0 bridgehead atoms. The zero-order chi connectivity index (χ0) is 21.1. The van der Waals surface area contributed by atoms with Gasteiger partial charge in [0.15, 0.2) is 0 Å². The number of fused-ring (bicyclic) bond motifs is 2. The third kappa shape index (κ3) is 3.34. The van der Waals surface area contributed by atoms with E-state index >= 15 is 0 Å². The van der Waals surface area contributed by atoms with Gasteiger partial charge in [-0.05, 0) is 26.2 Å². The predicted molar refractivity (Wildman–Crippen MR) is 109 cm³/mol. The summed E-state index contributed by atoms with van der Waals surface area (Å²) in [7, 11) is 0. The van der Waals surface area contributed by atoms with Gasteiger partial charge in [-0.25, -0.2) is 0 Å². The van der Waals surface area contributed by atoms with Crippen LogP contribution in [0.5, 0.6) is 0 Å². The van der Waals surface area contributed by atoms with Gasteiger partial charge in [0.2, 0.25) is 5.91 Å². The summed E-state index contributed by atoms with van der Waals surface area (Å²) in [6.07, 6.45) is 2.78. The van der Waals surface area contributed by atoms with E-state index in [-0.39, 0.29) is 48.0 Å². The number of hydrogen-bond acceptors (Lipinski definition) is 4. The van der Waals surface area contributed by atoms with Crippen LogP contribution in [0.15, 0.2) is 10.9 Å². The molecule has 2 amide bonds. The van der Waals surface area contributed by atoms with Gasteiger partial charge in [-0.3, -0.25) is 14.4 Å². The Labute approximate surface area is 169 Å². The average Bonchev–Trinajstić information content (AvgIpc) is 3.21. The normalized spacial score (nSPS) is 17.7. The van der Waals surface area contributed by atoms with Crippen LogP contribution in [-0.4, -0.2) is 43.0 Å². The number of nitrogens with one attached hydrogen (secondary N) is 1. The van der Waals surface area contributed by atoms with Gasteiger partial charge in [0.25, 0.3) is 11.5 Å². The van der Waals surface area contributed by atoms with Crippen molar-refractivity contribution >= 4 is 17.5 Å². The van der Waals surface area contributed by atoms with Crippen molar-refractivity contribution in [2.75, 3.05) is 0 Å². The van der Waals surface area contributed by atoms with E-state index in [9.17, 15) is 14.4 Å². The first-order valence-corrected chi connectivity index (χ1v) is 10.4. The Hall–Kier alpha value is -2.64. The highest BCUT2D eigenvalue weighted by atomic mass is 16.2. The van der Waals surface area contributed by atoms with Gasteiger partial charge in [0, 0.05) is 23.6 Å². The van der Waals surface area contributed by atoms with Crippen LogP contribution < -0.4 is 10.9 Å². The summed E-state index contributed by atoms with van der Waals surface area (Å²) in [5.74, 6) is -0.333. The molecule has 4 rings (SSSR count). The molecule has 1 aliphatic heterocycles. The first kappa shape index (κ1) is 19.7. The standard InChI is InChI=1S/C21H29N5O3/c1-6-12(2)24-10-14-18(20(24)29)25(11-16(27)22-13-7-8-13)17-9-15(21(3,4)5)23-26(17)19(14)28/h9,12-13H,6-8,10-11H2,1-5H3,(H,22,27). The molecule has 156 valence electrons. The molecule has 2 aromatic heterocycles. The van der Waals surface area contributed by atoms with Crippen molar-refractivity contribution in [1.82, 2.24) is 24.4 Å². The number of hydrogen-bond donors (Lipinski definition) is 1. The van der Waals surface area contributed by atoms with E-state index < -0.39 is 0 Å². The van der Waals surface area contributed by atoms with Gasteiger partial charge < -0.3 is 14.8 Å². The lowest BCUT2D eigenvalue weighted by atomic mass is 9.93. The molecule has 0 spiro atoms. The summed E-state index contributed by atoms with van der Waals surface area (Å²) in [5, 5.41) is 7.52. The largest absolute Gasteiger partial charge is 0.352 e. The number of amides is 2. The summed E-state index contributed by atoms with van der Waals surface area (Å²) >= 11 is 0. The van der Waals surface area contributed by atoms with Crippen LogP contribution in [-0.2, 0) is 23.3 Å². The van der Waals surface area contributed by atoms with Crippen LogP contribution in [0.25, 0.3) is 5.65 Å². The van der Waals surface area contributed by atoms with Crippen LogP contribution in [0.2, 0.25) is 0 Å². The molecule has 1 N–H and O–H groups in total. The van der Waals surface area contributed by atoms with Crippen molar-refractivity contribution in [3.05, 3.63) is 33.4 Å². The maximum absolute atomic E-state index is 13.2. The maximum Gasteiger partial charge on any atom is 0.280 e.